The lowest BCUT2D eigenvalue weighted by atomic mass is 10.1. The van der Waals surface area contributed by atoms with Crippen LogP contribution in [0.3, 0.4) is 0 Å². The van der Waals surface area contributed by atoms with Gasteiger partial charge in [0.15, 0.2) is 0 Å². The van der Waals surface area contributed by atoms with Gasteiger partial charge < -0.3 is 11.1 Å². The van der Waals surface area contributed by atoms with Gasteiger partial charge in [-0.25, -0.2) is 0 Å². The molecule has 1 aromatic carbocycles. The smallest absolute Gasteiger partial charge is 0.0542 e. The first-order valence-electron chi connectivity index (χ1n) is 6.79. The molecule has 0 bridgehead atoms. The maximum Gasteiger partial charge on any atom is 0.0542 e. The lowest BCUT2D eigenvalue weighted by molar-refractivity contribution is 0.671. The van der Waals surface area contributed by atoms with Crippen LogP contribution in [0.25, 0.3) is 0 Å². The van der Waals surface area contributed by atoms with E-state index in [9.17, 15) is 0 Å². The van der Waals surface area contributed by atoms with Crippen molar-refractivity contribution in [1.29, 1.82) is 0 Å². The summed E-state index contributed by atoms with van der Waals surface area (Å²) in [5.74, 6) is 0.678. The van der Waals surface area contributed by atoms with Gasteiger partial charge >= 0.3 is 0 Å². The zero-order valence-electron chi connectivity index (χ0n) is 10.9. The Labute approximate surface area is 113 Å². The van der Waals surface area contributed by atoms with Crippen molar-refractivity contribution >= 4 is 0 Å². The normalized spacial score (nSPS) is 21.3. The standard InChI is InChI=1S/C16H19N3/c17-10-14-8-12(6-7-18-14)11-19-16-9-15(16)13-4-2-1-3-5-13/h1-8,15-16,19H,9-11,17H2. The lowest BCUT2D eigenvalue weighted by Gasteiger charge is -2.06. The number of benzene rings is 1. The van der Waals surface area contributed by atoms with E-state index in [4.69, 9.17) is 5.73 Å². The van der Waals surface area contributed by atoms with Gasteiger partial charge in [0, 0.05) is 31.2 Å². The third-order valence-corrected chi connectivity index (χ3v) is 3.68. The minimum atomic E-state index is 0.504. The van der Waals surface area contributed by atoms with Crippen LogP contribution in [0.2, 0.25) is 0 Å². The number of rotatable bonds is 5. The first kappa shape index (κ1) is 12.3. The topological polar surface area (TPSA) is 50.9 Å². The Morgan fingerprint density at radius 1 is 1.21 bits per heavy atom. The molecular weight excluding hydrogens is 234 g/mol. The highest BCUT2D eigenvalue weighted by molar-refractivity contribution is 5.28. The molecule has 3 rings (SSSR count). The Bertz CT molecular complexity index is 539. The maximum absolute atomic E-state index is 5.60. The molecule has 3 nitrogen and oxygen atoms in total. The Hall–Kier alpha value is -1.71. The number of hydrogen-bond acceptors (Lipinski definition) is 3. The summed E-state index contributed by atoms with van der Waals surface area (Å²) in [6, 6.07) is 15.5. The maximum atomic E-state index is 5.60. The highest BCUT2D eigenvalue weighted by Crippen LogP contribution is 2.40. The molecule has 1 aliphatic carbocycles. The molecule has 2 atom stereocenters. The zero-order chi connectivity index (χ0) is 13.1. The van der Waals surface area contributed by atoms with Crippen LogP contribution in [0, 0.1) is 0 Å². The fraction of sp³-hybridized carbons (Fsp3) is 0.312. The fourth-order valence-electron chi connectivity index (χ4n) is 2.49. The fourth-order valence-corrected chi connectivity index (χ4v) is 2.49. The largest absolute Gasteiger partial charge is 0.325 e. The van der Waals surface area contributed by atoms with Crippen molar-refractivity contribution in [3.8, 4) is 0 Å². The molecule has 0 radical (unpaired) electrons. The predicted molar refractivity (Wildman–Crippen MR) is 76.6 cm³/mol. The lowest BCUT2D eigenvalue weighted by Crippen LogP contribution is -2.17. The molecule has 0 aliphatic heterocycles. The van der Waals surface area contributed by atoms with E-state index in [2.05, 4.69) is 46.7 Å². The molecule has 3 heteroatoms. The molecular formula is C16H19N3. The van der Waals surface area contributed by atoms with Crippen LogP contribution >= 0.6 is 0 Å². The van der Waals surface area contributed by atoms with Crippen LogP contribution in [-0.2, 0) is 13.1 Å². The third kappa shape index (κ3) is 3.00. The van der Waals surface area contributed by atoms with Gasteiger partial charge in [0.05, 0.1) is 5.69 Å². The first-order valence-corrected chi connectivity index (χ1v) is 6.79. The van der Waals surface area contributed by atoms with Crippen molar-refractivity contribution in [3.05, 3.63) is 65.5 Å². The first-order chi connectivity index (χ1) is 9.36. The van der Waals surface area contributed by atoms with Gasteiger partial charge in [0.25, 0.3) is 0 Å². The highest BCUT2D eigenvalue weighted by Gasteiger charge is 2.37. The van der Waals surface area contributed by atoms with Crippen LogP contribution in [0.15, 0.2) is 48.7 Å². The molecule has 1 saturated carbocycles. The van der Waals surface area contributed by atoms with Crippen LogP contribution in [0.5, 0.6) is 0 Å². The Kier molecular flexibility index (Phi) is 3.58. The quantitative estimate of drug-likeness (QED) is 0.858. The van der Waals surface area contributed by atoms with Crippen molar-refractivity contribution in [1.82, 2.24) is 10.3 Å². The Morgan fingerprint density at radius 2 is 2.05 bits per heavy atom. The monoisotopic (exact) mass is 253 g/mol. The summed E-state index contributed by atoms with van der Waals surface area (Å²) in [5, 5.41) is 3.60. The number of pyridine rings is 1. The predicted octanol–water partition coefficient (Wildman–Crippen LogP) is 2.19. The van der Waals surface area contributed by atoms with Gasteiger partial charge in [0.1, 0.15) is 0 Å². The second-order valence-electron chi connectivity index (χ2n) is 5.10. The van der Waals surface area contributed by atoms with Crippen LogP contribution in [0.4, 0.5) is 0 Å². The van der Waals surface area contributed by atoms with Crippen LogP contribution in [-0.4, -0.2) is 11.0 Å². The number of nitrogens with zero attached hydrogens (tertiary/aromatic N) is 1. The van der Waals surface area contributed by atoms with Crippen molar-refractivity contribution in [3.63, 3.8) is 0 Å². The summed E-state index contributed by atoms with van der Waals surface area (Å²) in [6.45, 7) is 1.40. The number of nitrogens with one attached hydrogen (secondary N) is 1. The molecule has 19 heavy (non-hydrogen) atoms. The van der Waals surface area contributed by atoms with E-state index in [0.717, 1.165) is 12.2 Å². The zero-order valence-corrected chi connectivity index (χ0v) is 10.9. The average Bonchev–Trinajstić information content (AvgIpc) is 3.26. The summed E-state index contributed by atoms with van der Waals surface area (Å²) in [5.41, 5.74) is 9.26. The SMILES string of the molecule is NCc1cc(CNC2CC2c2ccccc2)ccn1. The molecule has 1 fully saturated rings. The van der Waals surface area contributed by atoms with Gasteiger partial charge in [-0.05, 0) is 29.7 Å². The van der Waals surface area contributed by atoms with Crippen molar-refractivity contribution < 1.29 is 0 Å². The van der Waals surface area contributed by atoms with E-state index in [1.54, 1.807) is 0 Å². The van der Waals surface area contributed by atoms with Crippen LogP contribution in [0.1, 0.15) is 29.2 Å². The minimum Gasteiger partial charge on any atom is -0.325 e. The summed E-state index contributed by atoms with van der Waals surface area (Å²) in [7, 11) is 0. The van der Waals surface area contributed by atoms with Gasteiger partial charge in [-0.2, -0.15) is 0 Å². The van der Waals surface area contributed by atoms with Gasteiger partial charge in [0.2, 0.25) is 0 Å². The summed E-state index contributed by atoms with van der Waals surface area (Å²) < 4.78 is 0. The van der Waals surface area contributed by atoms with Gasteiger partial charge in [-0.1, -0.05) is 30.3 Å². The van der Waals surface area contributed by atoms with Gasteiger partial charge in [-0.3, -0.25) is 4.98 Å². The number of hydrogen-bond donors (Lipinski definition) is 2. The molecule has 1 heterocycles. The summed E-state index contributed by atoms with van der Waals surface area (Å²) >= 11 is 0. The second-order valence-corrected chi connectivity index (χ2v) is 5.10. The van der Waals surface area contributed by atoms with Gasteiger partial charge in [-0.15, -0.1) is 0 Å². The summed E-state index contributed by atoms with van der Waals surface area (Å²) in [4.78, 5) is 4.21. The number of nitrogens with two attached hydrogens (primary N) is 1. The molecule has 2 aromatic rings. The minimum absolute atomic E-state index is 0.504. The Balaban J connectivity index is 1.54. The molecule has 0 spiro atoms. The van der Waals surface area contributed by atoms with E-state index >= 15 is 0 Å². The van der Waals surface area contributed by atoms with Crippen molar-refractivity contribution in [2.75, 3.05) is 0 Å². The van der Waals surface area contributed by atoms with E-state index in [1.165, 1.54) is 17.5 Å². The molecule has 0 saturated heterocycles. The molecule has 1 aromatic heterocycles. The molecule has 2 unspecified atom stereocenters. The molecule has 98 valence electrons. The van der Waals surface area contributed by atoms with E-state index in [1.807, 2.05) is 12.3 Å². The van der Waals surface area contributed by atoms with Crippen molar-refractivity contribution in [2.24, 2.45) is 5.73 Å². The summed E-state index contributed by atoms with van der Waals surface area (Å²) in [6.07, 6.45) is 3.07. The molecule has 0 amide bonds. The highest BCUT2D eigenvalue weighted by atomic mass is 15.0. The molecule has 3 N–H and O–H groups in total. The third-order valence-electron chi connectivity index (χ3n) is 3.68. The number of aromatic nitrogens is 1. The van der Waals surface area contributed by atoms with E-state index < -0.39 is 0 Å². The average molecular weight is 253 g/mol. The van der Waals surface area contributed by atoms with Crippen LogP contribution < -0.4 is 11.1 Å². The van der Waals surface area contributed by atoms with E-state index in [-0.39, 0.29) is 0 Å². The van der Waals surface area contributed by atoms with Crippen molar-refractivity contribution in [2.45, 2.75) is 31.5 Å². The second kappa shape index (κ2) is 5.51. The Morgan fingerprint density at radius 3 is 2.84 bits per heavy atom. The molecule has 1 aliphatic rings. The van der Waals surface area contributed by atoms with E-state index in [0.29, 0.717) is 18.5 Å².